The lowest BCUT2D eigenvalue weighted by atomic mass is 10.1. The normalized spacial score (nSPS) is 11.0. The first-order valence-corrected chi connectivity index (χ1v) is 7.67. The summed E-state index contributed by atoms with van der Waals surface area (Å²) in [6.07, 6.45) is 1.79. The monoisotopic (exact) mass is 432 g/mol. The number of hydrogen-bond acceptors (Lipinski definition) is 2. The van der Waals surface area contributed by atoms with Gasteiger partial charge < -0.3 is 10.6 Å². The SMILES string of the molecule is CN=C(NCc1ccc2ccccc2c1)NCc1ccccn1.I. The van der Waals surface area contributed by atoms with Gasteiger partial charge in [0, 0.05) is 19.8 Å². The van der Waals surface area contributed by atoms with Crippen molar-refractivity contribution >= 4 is 40.7 Å². The van der Waals surface area contributed by atoms with E-state index in [2.05, 4.69) is 63.1 Å². The van der Waals surface area contributed by atoms with Gasteiger partial charge in [-0.3, -0.25) is 9.98 Å². The van der Waals surface area contributed by atoms with Gasteiger partial charge in [-0.25, -0.2) is 0 Å². The van der Waals surface area contributed by atoms with Crippen molar-refractivity contribution in [2.45, 2.75) is 13.1 Å². The van der Waals surface area contributed by atoms with E-state index in [-0.39, 0.29) is 24.0 Å². The van der Waals surface area contributed by atoms with Gasteiger partial charge in [-0.2, -0.15) is 0 Å². The highest BCUT2D eigenvalue weighted by atomic mass is 127. The zero-order valence-electron chi connectivity index (χ0n) is 13.6. The van der Waals surface area contributed by atoms with Crippen molar-refractivity contribution in [2.75, 3.05) is 7.05 Å². The molecule has 1 heterocycles. The fourth-order valence-electron chi connectivity index (χ4n) is 2.43. The quantitative estimate of drug-likeness (QED) is 0.376. The molecular formula is C19H21IN4. The molecule has 0 saturated carbocycles. The maximum Gasteiger partial charge on any atom is 0.191 e. The van der Waals surface area contributed by atoms with Crippen molar-refractivity contribution < 1.29 is 0 Å². The summed E-state index contributed by atoms with van der Waals surface area (Å²) >= 11 is 0. The largest absolute Gasteiger partial charge is 0.352 e. The van der Waals surface area contributed by atoms with E-state index >= 15 is 0 Å². The minimum absolute atomic E-state index is 0. The summed E-state index contributed by atoms with van der Waals surface area (Å²) in [5.41, 5.74) is 2.21. The van der Waals surface area contributed by atoms with E-state index < -0.39 is 0 Å². The molecule has 0 fully saturated rings. The second-order valence-electron chi connectivity index (χ2n) is 5.28. The third-order valence-corrected chi connectivity index (χ3v) is 3.66. The Hall–Kier alpha value is -2.15. The molecule has 0 unspecified atom stereocenters. The Morgan fingerprint density at radius 2 is 1.67 bits per heavy atom. The number of aromatic nitrogens is 1. The molecule has 2 aromatic carbocycles. The van der Waals surface area contributed by atoms with E-state index in [9.17, 15) is 0 Å². The average Bonchev–Trinajstić information content (AvgIpc) is 2.62. The Morgan fingerprint density at radius 1 is 0.917 bits per heavy atom. The van der Waals surface area contributed by atoms with Gasteiger partial charge in [-0.15, -0.1) is 24.0 Å². The van der Waals surface area contributed by atoms with Crippen molar-refractivity contribution in [3.63, 3.8) is 0 Å². The van der Waals surface area contributed by atoms with Crippen molar-refractivity contribution in [2.24, 2.45) is 4.99 Å². The number of rotatable bonds is 4. The minimum atomic E-state index is 0. The van der Waals surface area contributed by atoms with Gasteiger partial charge in [0.25, 0.3) is 0 Å². The van der Waals surface area contributed by atoms with Crippen molar-refractivity contribution in [1.29, 1.82) is 0 Å². The highest BCUT2D eigenvalue weighted by Gasteiger charge is 2.00. The number of aliphatic imine (C=N–C) groups is 1. The number of hydrogen-bond donors (Lipinski definition) is 2. The molecule has 0 radical (unpaired) electrons. The highest BCUT2D eigenvalue weighted by molar-refractivity contribution is 14.0. The van der Waals surface area contributed by atoms with Gasteiger partial charge in [0.1, 0.15) is 0 Å². The first kappa shape index (κ1) is 18.2. The van der Waals surface area contributed by atoms with Gasteiger partial charge in [0.15, 0.2) is 5.96 Å². The van der Waals surface area contributed by atoms with Gasteiger partial charge in [0.05, 0.1) is 12.2 Å². The summed E-state index contributed by atoms with van der Waals surface area (Å²) in [6, 6.07) is 20.8. The van der Waals surface area contributed by atoms with Gasteiger partial charge in [0.2, 0.25) is 0 Å². The summed E-state index contributed by atoms with van der Waals surface area (Å²) in [6.45, 7) is 1.38. The number of nitrogens with zero attached hydrogens (tertiary/aromatic N) is 2. The Bertz CT molecular complexity index is 803. The van der Waals surface area contributed by atoms with Gasteiger partial charge in [-0.05, 0) is 34.5 Å². The molecule has 2 N–H and O–H groups in total. The molecule has 0 aliphatic rings. The van der Waals surface area contributed by atoms with Crippen LogP contribution in [0.1, 0.15) is 11.3 Å². The summed E-state index contributed by atoms with van der Waals surface area (Å²) in [7, 11) is 1.77. The Balaban J connectivity index is 0.00000208. The molecule has 24 heavy (non-hydrogen) atoms. The fourth-order valence-corrected chi connectivity index (χ4v) is 2.43. The van der Waals surface area contributed by atoms with Crippen molar-refractivity contribution in [1.82, 2.24) is 15.6 Å². The fraction of sp³-hybridized carbons (Fsp3) is 0.158. The lowest BCUT2D eigenvalue weighted by Crippen LogP contribution is -2.36. The molecule has 124 valence electrons. The number of halogens is 1. The zero-order chi connectivity index (χ0) is 15.9. The molecule has 0 saturated heterocycles. The number of fused-ring (bicyclic) bond motifs is 1. The molecule has 0 bridgehead atoms. The molecular weight excluding hydrogens is 411 g/mol. The molecule has 5 heteroatoms. The summed E-state index contributed by atoms with van der Waals surface area (Å²) in [5.74, 6) is 0.767. The van der Waals surface area contributed by atoms with E-state index in [1.54, 1.807) is 13.2 Å². The van der Waals surface area contributed by atoms with Gasteiger partial charge in [-0.1, -0.05) is 42.5 Å². The van der Waals surface area contributed by atoms with Crippen LogP contribution in [0.25, 0.3) is 10.8 Å². The summed E-state index contributed by atoms with van der Waals surface area (Å²) in [4.78, 5) is 8.54. The predicted molar refractivity (Wildman–Crippen MR) is 111 cm³/mol. The van der Waals surface area contributed by atoms with E-state index in [0.29, 0.717) is 6.54 Å². The van der Waals surface area contributed by atoms with Crippen LogP contribution >= 0.6 is 24.0 Å². The van der Waals surface area contributed by atoms with Crippen LogP contribution in [-0.4, -0.2) is 18.0 Å². The Kier molecular flexibility index (Phi) is 6.99. The second kappa shape index (κ2) is 9.22. The van der Waals surface area contributed by atoms with Crippen LogP contribution in [0.5, 0.6) is 0 Å². The van der Waals surface area contributed by atoms with Crippen LogP contribution in [-0.2, 0) is 13.1 Å². The molecule has 0 spiro atoms. The second-order valence-corrected chi connectivity index (χ2v) is 5.28. The van der Waals surface area contributed by atoms with Crippen LogP contribution in [0.4, 0.5) is 0 Å². The number of guanidine groups is 1. The van der Waals surface area contributed by atoms with Crippen molar-refractivity contribution in [3.05, 3.63) is 78.1 Å². The van der Waals surface area contributed by atoms with E-state index in [0.717, 1.165) is 18.2 Å². The third kappa shape index (κ3) is 4.92. The lowest BCUT2D eigenvalue weighted by molar-refractivity contribution is 0.795. The van der Waals surface area contributed by atoms with Crippen molar-refractivity contribution in [3.8, 4) is 0 Å². The maximum atomic E-state index is 4.29. The minimum Gasteiger partial charge on any atom is -0.352 e. The summed E-state index contributed by atoms with van der Waals surface area (Å²) < 4.78 is 0. The van der Waals surface area contributed by atoms with Crippen LogP contribution in [0.15, 0.2) is 71.9 Å². The van der Waals surface area contributed by atoms with Gasteiger partial charge >= 0.3 is 0 Å². The molecule has 0 aliphatic heterocycles. The van der Waals surface area contributed by atoms with E-state index in [1.807, 2.05) is 18.2 Å². The molecule has 3 aromatic rings. The zero-order valence-corrected chi connectivity index (χ0v) is 15.9. The molecule has 0 aliphatic carbocycles. The average molecular weight is 432 g/mol. The molecule has 0 amide bonds. The third-order valence-electron chi connectivity index (χ3n) is 3.66. The first-order chi connectivity index (χ1) is 11.3. The molecule has 0 atom stereocenters. The van der Waals surface area contributed by atoms with Crippen LogP contribution in [0, 0.1) is 0 Å². The summed E-state index contributed by atoms with van der Waals surface area (Å²) in [5, 5.41) is 9.11. The van der Waals surface area contributed by atoms with E-state index in [4.69, 9.17) is 0 Å². The first-order valence-electron chi connectivity index (χ1n) is 7.67. The predicted octanol–water partition coefficient (Wildman–Crippen LogP) is 3.72. The standard InChI is InChI=1S/C19H20N4.HI/c1-20-19(23-14-18-8-4-5-11-21-18)22-13-15-9-10-16-6-2-3-7-17(16)12-15;/h2-12H,13-14H2,1H3,(H2,20,22,23);1H. The smallest absolute Gasteiger partial charge is 0.191 e. The maximum absolute atomic E-state index is 4.29. The Morgan fingerprint density at radius 3 is 2.42 bits per heavy atom. The molecule has 1 aromatic heterocycles. The molecule has 4 nitrogen and oxygen atoms in total. The topological polar surface area (TPSA) is 49.3 Å². The lowest BCUT2D eigenvalue weighted by Gasteiger charge is -2.12. The molecule has 3 rings (SSSR count). The van der Waals surface area contributed by atoms with Crippen LogP contribution in [0.3, 0.4) is 0 Å². The number of pyridine rings is 1. The van der Waals surface area contributed by atoms with Crippen LogP contribution < -0.4 is 10.6 Å². The Labute approximate surface area is 159 Å². The highest BCUT2D eigenvalue weighted by Crippen LogP contribution is 2.15. The number of nitrogens with one attached hydrogen (secondary N) is 2. The van der Waals surface area contributed by atoms with Crippen LogP contribution in [0.2, 0.25) is 0 Å². The number of benzene rings is 2. The van der Waals surface area contributed by atoms with E-state index in [1.165, 1.54) is 16.3 Å².